The van der Waals surface area contributed by atoms with Crippen LogP contribution in [0.25, 0.3) is 0 Å². The summed E-state index contributed by atoms with van der Waals surface area (Å²) in [4.78, 5) is 2.33. The molecule has 0 aromatic heterocycles. The lowest BCUT2D eigenvalue weighted by Gasteiger charge is -2.31. The summed E-state index contributed by atoms with van der Waals surface area (Å²) in [5, 5.41) is 3.53. The molecule has 1 saturated heterocycles. The first-order chi connectivity index (χ1) is 8.36. The molecule has 0 saturated carbocycles. The average molecular weight is 236 g/mol. The van der Waals surface area contributed by atoms with E-state index in [0.29, 0.717) is 6.04 Å². The van der Waals surface area contributed by atoms with Crippen LogP contribution in [0.3, 0.4) is 0 Å². The maximum absolute atomic E-state index is 5.45. The van der Waals surface area contributed by atoms with Gasteiger partial charge in [-0.3, -0.25) is 4.90 Å². The Kier molecular flexibility index (Phi) is 7.74. The number of nitrogens with one attached hydrogen (secondary N) is 1. The van der Waals surface area contributed by atoms with Crippen molar-refractivity contribution in [2.45, 2.75) is 25.3 Å². The molecule has 96 valence electrons. The summed E-state index contributed by atoms with van der Waals surface area (Å²) in [6.45, 7) is 9.18. The van der Waals surface area contributed by atoms with E-state index >= 15 is 0 Å². The SMILES string of the molecule is C#CCN1CCC(NCCOCCC=C)CC1. The van der Waals surface area contributed by atoms with Gasteiger partial charge in [0.15, 0.2) is 0 Å². The fraction of sp³-hybridized carbons (Fsp3) is 0.714. The molecule has 1 aliphatic rings. The van der Waals surface area contributed by atoms with E-state index in [2.05, 4.69) is 22.7 Å². The summed E-state index contributed by atoms with van der Waals surface area (Å²) in [6, 6.07) is 0.632. The lowest BCUT2D eigenvalue weighted by Crippen LogP contribution is -2.43. The van der Waals surface area contributed by atoms with E-state index in [1.165, 1.54) is 12.8 Å². The van der Waals surface area contributed by atoms with E-state index in [4.69, 9.17) is 11.2 Å². The van der Waals surface area contributed by atoms with Crippen LogP contribution >= 0.6 is 0 Å². The van der Waals surface area contributed by atoms with Crippen LogP contribution in [0, 0.1) is 12.3 Å². The third-order valence-electron chi connectivity index (χ3n) is 3.05. The van der Waals surface area contributed by atoms with E-state index in [-0.39, 0.29) is 0 Å². The minimum absolute atomic E-state index is 0.632. The van der Waals surface area contributed by atoms with Gasteiger partial charge in [-0.15, -0.1) is 13.0 Å². The minimum Gasteiger partial charge on any atom is -0.380 e. The average Bonchev–Trinajstić information content (AvgIpc) is 2.36. The molecule has 1 rings (SSSR count). The summed E-state index contributed by atoms with van der Waals surface area (Å²) in [7, 11) is 0. The Balaban J connectivity index is 1.95. The number of hydrogen-bond donors (Lipinski definition) is 1. The van der Waals surface area contributed by atoms with Crippen LogP contribution in [0.2, 0.25) is 0 Å². The molecule has 3 heteroatoms. The van der Waals surface area contributed by atoms with Crippen molar-refractivity contribution in [1.82, 2.24) is 10.2 Å². The zero-order chi connectivity index (χ0) is 12.3. The van der Waals surface area contributed by atoms with E-state index < -0.39 is 0 Å². The minimum atomic E-state index is 0.632. The second-order valence-electron chi connectivity index (χ2n) is 4.40. The lowest BCUT2D eigenvalue weighted by molar-refractivity contribution is 0.133. The predicted molar refractivity (Wildman–Crippen MR) is 71.9 cm³/mol. The van der Waals surface area contributed by atoms with E-state index in [9.17, 15) is 0 Å². The Hall–Kier alpha value is -0.820. The normalized spacial score (nSPS) is 17.8. The molecule has 0 aliphatic carbocycles. The van der Waals surface area contributed by atoms with Crippen LogP contribution in [-0.4, -0.2) is 50.3 Å². The quantitative estimate of drug-likeness (QED) is 0.390. The monoisotopic (exact) mass is 236 g/mol. The molecule has 0 unspecified atom stereocenters. The lowest BCUT2D eigenvalue weighted by atomic mass is 10.1. The van der Waals surface area contributed by atoms with Crippen LogP contribution in [-0.2, 0) is 4.74 Å². The van der Waals surface area contributed by atoms with Crippen LogP contribution in [0.4, 0.5) is 0 Å². The molecule has 17 heavy (non-hydrogen) atoms. The zero-order valence-corrected chi connectivity index (χ0v) is 10.7. The van der Waals surface area contributed by atoms with Gasteiger partial charge in [0, 0.05) is 25.7 Å². The highest BCUT2D eigenvalue weighted by Crippen LogP contribution is 2.09. The van der Waals surface area contributed by atoms with E-state index in [1.54, 1.807) is 0 Å². The van der Waals surface area contributed by atoms with Gasteiger partial charge in [-0.05, 0) is 19.3 Å². The summed E-state index contributed by atoms with van der Waals surface area (Å²) in [5.41, 5.74) is 0. The van der Waals surface area contributed by atoms with Crippen molar-refractivity contribution in [2.75, 3.05) is 39.4 Å². The highest BCUT2D eigenvalue weighted by Gasteiger charge is 2.17. The third-order valence-corrected chi connectivity index (χ3v) is 3.05. The fourth-order valence-electron chi connectivity index (χ4n) is 2.03. The smallest absolute Gasteiger partial charge is 0.0598 e. The Labute approximate surface area is 105 Å². The Morgan fingerprint density at radius 2 is 2.18 bits per heavy atom. The van der Waals surface area contributed by atoms with Crippen molar-refractivity contribution >= 4 is 0 Å². The molecule has 0 spiro atoms. The van der Waals surface area contributed by atoms with Crippen LogP contribution in [0.5, 0.6) is 0 Å². The number of rotatable bonds is 8. The molecule has 1 aliphatic heterocycles. The van der Waals surface area contributed by atoms with Crippen LogP contribution in [0.15, 0.2) is 12.7 Å². The number of terminal acetylenes is 1. The molecular weight excluding hydrogens is 212 g/mol. The Morgan fingerprint density at radius 1 is 1.41 bits per heavy atom. The number of likely N-dealkylation sites (tertiary alicyclic amines) is 1. The second-order valence-corrected chi connectivity index (χ2v) is 4.40. The van der Waals surface area contributed by atoms with Crippen molar-refractivity contribution in [3.63, 3.8) is 0 Å². The van der Waals surface area contributed by atoms with Gasteiger partial charge in [0.25, 0.3) is 0 Å². The first-order valence-electron chi connectivity index (χ1n) is 6.44. The summed E-state index contributed by atoms with van der Waals surface area (Å²) >= 11 is 0. The molecule has 0 aromatic rings. The Morgan fingerprint density at radius 3 is 2.82 bits per heavy atom. The first kappa shape index (κ1) is 14.2. The standard InChI is InChI=1S/C14H24N2O/c1-3-5-12-17-13-8-15-14-6-10-16(9-4-2)11-7-14/h2-3,14-15H,1,5-13H2. The van der Waals surface area contributed by atoms with Crippen molar-refractivity contribution in [2.24, 2.45) is 0 Å². The van der Waals surface area contributed by atoms with Gasteiger partial charge >= 0.3 is 0 Å². The number of nitrogens with zero attached hydrogens (tertiary/aromatic N) is 1. The summed E-state index contributed by atoms with van der Waals surface area (Å²) in [6.07, 6.45) is 10.5. The highest BCUT2D eigenvalue weighted by atomic mass is 16.5. The number of ether oxygens (including phenoxy) is 1. The molecule has 0 bridgehead atoms. The topological polar surface area (TPSA) is 24.5 Å². The first-order valence-corrected chi connectivity index (χ1v) is 6.44. The van der Waals surface area contributed by atoms with Crippen molar-refractivity contribution in [3.05, 3.63) is 12.7 Å². The fourth-order valence-corrected chi connectivity index (χ4v) is 2.03. The van der Waals surface area contributed by atoms with Gasteiger partial charge in [0.05, 0.1) is 19.8 Å². The molecule has 0 aromatic carbocycles. The molecule has 1 fully saturated rings. The molecule has 0 radical (unpaired) electrons. The van der Waals surface area contributed by atoms with Crippen molar-refractivity contribution in [1.29, 1.82) is 0 Å². The van der Waals surface area contributed by atoms with Crippen molar-refractivity contribution < 1.29 is 4.74 Å². The van der Waals surface area contributed by atoms with Crippen LogP contribution < -0.4 is 5.32 Å². The van der Waals surface area contributed by atoms with Gasteiger partial charge in [-0.1, -0.05) is 12.0 Å². The molecule has 1 heterocycles. The Bertz CT molecular complexity index is 239. The molecular formula is C14H24N2O. The third kappa shape index (κ3) is 6.48. The number of hydrogen-bond acceptors (Lipinski definition) is 3. The van der Waals surface area contributed by atoms with Gasteiger partial charge in [-0.2, -0.15) is 0 Å². The second kappa shape index (κ2) is 9.23. The summed E-state index contributed by atoms with van der Waals surface area (Å²) in [5.74, 6) is 2.70. The molecule has 0 amide bonds. The van der Waals surface area contributed by atoms with Crippen LogP contribution in [0.1, 0.15) is 19.3 Å². The largest absolute Gasteiger partial charge is 0.380 e. The zero-order valence-electron chi connectivity index (χ0n) is 10.7. The molecule has 3 nitrogen and oxygen atoms in total. The maximum atomic E-state index is 5.45. The van der Waals surface area contributed by atoms with Gasteiger partial charge in [0.1, 0.15) is 0 Å². The van der Waals surface area contributed by atoms with Crippen molar-refractivity contribution in [3.8, 4) is 12.3 Å². The van der Waals surface area contributed by atoms with E-state index in [0.717, 1.165) is 45.8 Å². The molecule has 0 atom stereocenters. The molecule has 1 N–H and O–H groups in total. The van der Waals surface area contributed by atoms with Gasteiger partial charge in [0.2, 0.25) is 0 Å². The maximum Gasteiger partial charge on any atom is 0.0598 e. The van der Waals surface area contributed by atoms with Gasteiger partial charge < -0.3 is 10.1 Å². The highest BCUT2D eigenvalue weighted by molar-refractivity contribution is 4.90. The predicted octanol–water partition coefficient (Wildman–Crippen LogP) is 1.27. The summed E-state index contributed by atoms with van der Waals surface area (Å²) < 4.78 is 5.45. The number of piperidine rings is 1. The van der Waals surface area contributed by atoms with E-state index in [1.807, 2.05) is 6.08 Å². The van der Waals surface area contributed by atoms with Gasteiger partial charge in [-0.25, -0.2) is 0 Å².